The number of hydrogen-bond acceptors (Lipinski definition) is 3. The lowest BCUT2D eigenvalue weighted by molar-refractivity contribution is -0.116. The van der Waals surface area contributed by atoms with Crippen molar-refractivity contribution in [1.29, 1.82) is 0 Å². The molecule has 0 saturated carbocycles. The molecule has 5 nitrogen and oxygen atoms in total. The Bertz CT molecular complexity index is 873. The summed E-state index contributed by atoms with van der Waals surface area (Å²) >= 11 is 0. The number of carbonyl (C=O) groups is 1. The van der Waals surface area contributed by atoms with Crippen LogP contribution >= 0.6 is 0 Å². The standard InChI is InChI=1S/C21H26N2O3S/c1-17-6-5-7-19(16-17)22-21(24)11-10-18-12-14-23(15-13-18)27(25,26)20-8-3-2-4-9-20/h2-9,16,18H,10-15H2,1H3,(H,22,24). The van der Waals surface area contributed by atoms with Gasteiger partial charge < -0.3 is 5.32 Å². The molecular weight excluding hydrogens is 360 g/mol. The number of nitrogens with one attached hydrogen (secondary N) is 1. The van der Waals surface area contributed by atoms with Crippen molar-refractivity contribution in [1.82, 2.24) is 4.31 Å². The lowest BCUT2D eigenvalue weighted by atomic mass is 9.93. The predicted molar refractivity (Wildman–Crippen MR) is 107 cm³/mol. The van der Waals surface area contributed by atoms with E-state index in [4.69, 9.17) is 0 Å². The van der Waals surface area contributed by atoms with Crippen molar-refractivity contribution in [3.8, 4) is 0 Å². The molecule has 3 rings (SSSR count). The van der Waals surface area contributed by atoms with E-state index in [-0.39, 0.29) is 5.91 Å². The third kappa shape index (κ3) is 5.17. The Labute approximate surface area is 161 Å². The number of piperidine rings is 1. The number of benzene rings is 2. The molecule has 1 heterocycles. The van der Waals surface area contributed by atoms with Crippen LogP contribution in [0.3, 0.4) is 0 Å². The Balaban J connectivity index is 1.46. The molecule has 144 valence electrons. The maximum absolute atomic E-state index is 12.7. The van der Waals surface area contributed by atoms with Gasteiger partial charge in [-0.25, -0.2) is 8.42 Å². The van der Waals surface area contributed by atoms with E-state index in [1.54, 1.807) is 28.6 Å². The Morgan fingerprint density at radius 3 is 2.44 bits per heavy atom. The van der Waals surface area contributed by atoms with E-state index in [2.05, 4.69) is 5.32 Å². The molecule has 2 aromatic rings. The van der Waals surface area contributed by atoms with E-state index in [9.17, 15) is 13.2 Å². The molecule has 0 aromatic heterocycles. The first-order chi connectivity index (χ1) is 12.9. The maximum atomic E-state index is 12.7. The summed E-state index contributed by atoms with van der Waals surface area (Å²) in [6.45, 7) is 3.02. The van der Waals surface area contributed by atoms with Crippen LogP contribution in [0.2, 0.25) is 0 Å². The van der Waals surface area contributed by atoms with Gasteiger partial charge in [-0.15, -0.1) is 0 Å². The summed E-state index contributed by atoms with van der Waals surface area (Å²) in [6, 6.07) is 16.3. The molecule has 6 heteroatoms. The average molecular weight is 387 g/mol. The highest BCUT2D eigenvalue weighted by atomic mass is 32.2. The second kappa shape index (κ2) is 8.67. The van der Waals surface area contributed by atoms with Crippen LogP contribution in [0.15, 0.2) is 59.5 Å². The number of rotatable bonds is 6. The van der Waals surface area contributed by atoms with E-state index < -0.39 is 10.0 Å². The maximum Gasteiger partial charge on any atom is 0.243 e. The molecule has 0 spiro atoms. The zero-order chi connectivity index (χ0) is 19.3. The van der Waals surface area contributed by atoms with Crippen molar-refractivity contribution in [3.63, 3.8) is 0 Å². The van der Waals surface area contributed by atoms with Crippen LogP contribution in [0.5, 0.6) is 0 Å². The van der Waals surface area contributed by atoms with Gasteiger partial charge in [-0.05, 0) is 61.9 Å². The van der Waals surface area contributed by atoms with Crippen LogP contribution in [-0.2, 0) is 14.8 Å². The molecule has 1 amide bonds. The Hall–Kier alpha value is -2.18. The normalized spacial score (nSPS) is 16.2. The van der Waals surface area contributed by atoms with Crippen molar-refractivity contribution in [2.75, 3.05) is 18.4 Å². The second-order valence-electron chi connectivity index (χ2n) is 7.12. The molecule has 1 N–H and O–H groups in total. The monoisotopic (exact) mass is 386 g/mol. The van der Waals surface area contributed by atoms with Crippen molar-refractivity contribution in [2.45, 2.75) is 37.5 Å². The molecule has 0 radical (unpaired) electrons. The number of sulfonamides is 1. The smallest absolute Gasteiger partial charge is 0.243 e. The van der Waals surface area contributed by atoms with Crippen molar-refractivity contribution < 1.29 is 13.2 Å². The Morgan fingerprint density at radius 2 is 1.78 bits per heavy atom. The molecule has 0 atom stereocenters. The molecule has 2 aromatic carbocycles. The van der Waals surface area contributed by atoms with Gasteiger partial charge in [0.2, 0.25) is 15.9 Å². The van der Waals surface area contributed by atoms with E-state index in [1.807, 2.05) is 37.3 Å². The second-order valence-corrected chi connectivity index (χ2v) is 9.05. The van der Waals surface area contributed by atoms with E-state index in [1.165, 1.54) is 0 Å². The summed E-state index contributed by atoms with van der Waals surface area (Å²) in [5, 5.41) is 2.93. The van der Waals surface area contributed by atoms with Crippen LogP contribution in [0.1, 0.15) is 31.2 Å². The van der Waals surface area contributed by atoms with Gasteiger partial charge in [0.15, 0.2) is 0 Å². The third-order valence-electron chi connectivity index (χ3n) is 5.04. The lowest BCUT2D eigenvalue weighted by Gasteiger charge is -2.31. The van der Waals surface area contributed by atoms with Crippen molar-refractivity contribution in [2.24, 2.45) is 5.92 Å². The summed E-state index contributed by atoms with van der Waals surface area (Å²) in [7, 11) is -3.41. The minimum atomic E-state index is -3.41. The van der Waals surface area contributed by atoms with Crippen molar-refractivity contribution in [3.05, 3.63) is 60.2 Å². The number of anilines is 1. The molecule has 1 aliphatic heterocycles. The number of amides is 1. The van der Waals surface area contributed by atoms with Gasteiger partial charge in [0.25, 0.3) is 0 Å². The van der Waals surface area contributed by atoms with Crippen molar-refractivity contribution >= 4 is 21.6 Å². The Morgan fingerprint density at radius 1 is 1.07 bits per heavy atom. The summed E-state index contributed by atoms with van der Waals surface area (Å²) in [5.41, 5.74) is 1.93. The third-order valence-corrected chi connectivity index (χ3v) is 6.95. The minimum Gasteiger partial charge on any atom is -0.326 e. The fourth-order valence-electron chi connectivity index (χ4n) is 3.46. The number of hydrogen-bond donors (Lipinski definition) is 1. The van der Waals surface area contributed by atoms with E-state index >= 15 is 0 Å². The number of carbonyl (C=O) groups excluding carboxylic acids is 1. The summed E-state index contributed by atoms with van der Waals surface area (Å²) in [5.74, 6) is 0.399. The van der Waals surface area contributed by atoms with Crippen LogP contribution in [0, 0.1) is 12.8 Å². The first-order valence-corrected chi connectivity index (χ1v) is 10.8. The van der Waals surface area contributed by atoms with Gasteiger partial charge in [-0.3, -0.25) is 4.79 Å². The summed E-state index contributed by atoms with van der Waals surface area (Å²) in [4.78, 5) is 12.5. The van der Waals surface area contributed by atoms with Crippen LogP contribution in [0.4, 0.5) is 5.69 Å². The molecule has 0 aliphatic carbocycles. The highest BCUT2D eigenvalue weighted by molar-refractivity contribution is 7.89. The topological polar surface area (TPSA) is 66.5 Å². The molecule has 1 saturated heterocycles. The average Bonchev–Trinajstić information content (AvgIpc) is 2.67. The molecule has 1 fully saturated rings. The van der Waals surface area contributed by atoms with Gasteiger partial charge in [0.05, 0.1) is 4.90 Å². The fourth-order valence-corrected chi connectivity index (χ4v) is 4.95. The van der Waals surface area contributed by atoms with E-state index in [0.717, 1.165) is 30.5 Å². The molecule has 0 unspecified atom stereocenters. The first-order valence-electron chi connectivity index (χ1n) is 9.37. The summed E-state index contributed by atoms with van der Waals surface area (Å²) < 4.78 is 26.9. The largest absolute Gasteiger partial charge is 0.326 e. The van der Waals surface area contributed by atoms with Gasteiger partial charge in [-0.1, -0.05) is 30.3 Å². The zero-order valence-corrected chi connectivity index (χ0v) is 16.4. The van der Waals surface area contributed by atoms with E-state index in [0.29, 0.717) is 30.3 Å². The molecular formula is C21H26N2O3S. The number of aryl methyl sites for hydroxylation is 1. The van der Waals surface area contributed by atoms with Crippen LogP contribution in [-0.4, -0.2) is 31.7 Å². The summed E-state index contributed by atoms with van der Waals surface area (Å²) in [6.07, 6.45) is 2.84. The highest BCUT2D eigenvalue weighted by Gasteiger charge is 2.29. The quantitative estimate of drug-likeness (QED) is 0.821. The minimum absolute atomic E-state index is 0.0138. The lowest BCUT2D eigenvalue weighted by Crippen LogP contribution is -2.38. The Kier molecular flexibility index (Phi) is 6.29. The van der Waals surface area contributed by atoms with Gasteiger partial charge >= 0.3 is 0 Å². The van der Waals surface area contributed by atoms with Gasteiger partial charge in [0.1, 0.15) is 0 Å². The predicted octanol–water partition coefficient (Wildman–Crippen LogP) is 3.81. The highest BCUT2D eigenvalue weighted by Crippen LogP contribution is 2.26. The van der Waals surface area contributed by atoms with Crippen LogP contribution < -0.4 is 5.32 Å². The fraction of sp³-hybridized carbons (Fsp3) is 0.381. The SMILES string of the molecule is Cc1cccc(NC(=O)CCC2CCN(S(=O)(=O)c3ccccc3)CC2)c1. The van der Waals surface area contributed by atoms with Crippen LogP contribution in [0.25, 0.3) is 0 Å². The zero-order valence-electron chi connectivity index (χ0n) is 15.6. The molecule has 27 heavy (non-hydrogen) atoms. The first kappa shape index (κ1) is 19.6. The van der Waals surface area contributed by atoms with Gasteiger partial charge in [0, 0.05) is 25.2 Å². The number of nitrogens with zero attached hydrogens (tertiary/aromatic N) is 1. The molecule has 1 aliphatic rings. The molecule has 0 bridgehead atoms. The van der Waals surface area contributed by atoms with Gasteiger partial charge in [-0.2, -0.15) is 4.31 Å².